The second-order valence-corrected chi connectivity index (χ2v) is 6.16. The van der Waals surface area contributed by atoms with E-state index in [1.165, 1.54) is 4.88 Å². The molecule has 1 saturated carbocycles. The summed E-state index contributed by atoms with van der Waals surface area (Å²) in [6.45, 7) is 2.17. The van der Waals surface area contributed by atoms with Gasteiger partial charge in [-0.15, -0.1) is 11.3 Å². The van der Waals surface area contributed by atoms with Gasteiger partial charge in [0.05, 0.1) is 17.5 Å². The van der Waals surface area contributed by atoms with Crippen molar-refractivity contribution >= 4 is 33.3 Å². The Morgan fingerprint density at radius 3 is 2.89 bits per heavy atom. The largest absolute Gasteiger partial charge is 0.394 e. The molecule has 0 atom stereocenters. The first-order valence-corrected chi connectivity index (χ1v) is 6.86. The molecule has 4 N–H and O–H groups in total. The lowest BCUT2D eigenvalue weighted by molar-refractivity contribution is 0.144. The summed E-state index contributed by atoms with van der Waals surface area (Å²) in [4.78, 5) is 10.6. The minimum absolute atomic E-state index is 0.127. The molecule has 2 aromatic heterocycles. The molecule has 3 rings (SSSR count). The van der Waals surface area contributed by atoms with Crippen LogP contribution in [0.15, 0.2) is 6.07 Å². The Balaban J connectivity index is 2.04. The van der Waals surface area contributed by atoms with Crippen LogP contribution in [0.25, 0.3) is 10.2 Å². The van der Waals surface area contributed by atoms with Gasteiger partial charge in [0.2, 0.25) is 5.95 Å². The van der Waals surface area contributed by atoms with Gasteiger partial charge in [0, 0.05) is 4.88 Å². The van der Waals surface area contributed by atoms with Gasteiger partial charge in [0.15, 0.2) is 0 Å². The predicted molar refractivity (Wildman–Crippen MR) is 73.9 cm³/mol. The number of nitrogens with one attached hydrogen (secondary N) is 1. The number of nitrogen functional groups attached to an aromatic ring is 1. The molecular formula is C12H16N4OS. The van der Waals surface area contributed by atoms with Gasteiger partial charge in [-0.2, -0.15) is 4.98 Å². The highest BCUT2D eigenvalue weighted by Crippen LogP contribution is 2.37. The molecule has 0 aromatic carbocycles. The van der Waals surface area contributed by atoms with E-state index < -0.39 is 0 Å². The van der Waals surface area contributed by atoms with Gasteiger partial charge >= 0.3 is 0 Å². The molecule has 0 spiro atoms. The number of hydrogen-bond donors (Lipinski definition) is 3. The molecular weight excluding hydrogens is 248 g/mol. The topological polar surface area (TPSA) is 84.1 Å². The van der Waals surface area contributed by atoms with E-state index in [2.05, 4.69) is 21.4 Å². The molecule has 1 fully saturated rings. The fourth-order valence-corrected chi connectivity index (χ4v) is 3.22. The van der Waals surface area contributed by atoms with E-state index in [0.717, 1.165) is 35.3 Å². The van der Waals surface area contributed by atoms with E-state index in [1.54, 1.807) is 11.3 Å². The minimum Gasteiger partial charge on any atom is -0.394 e. The molecule has 0 amide bonds. The summed E-state index contributed by atoms with van der Waals surface area (Å²) in [5.74, 6) is 1.02. The number of nitrogens with two attached hydrogens (primary N) is 1. The van der Waals surface area contributed by atoms with E-state index in [9.17, 15) is 5.11 Å². The summed E-state index contributed by atoms with van der Waals surface area (Å²) in [6.07, 6.45) is 3.08. The second kappa shape index (κ2) is 4.07. The summed E-state index contributed by atoms with van der Waals surface area (Å²) in [5, 5.41) is 13.9. The average molecular weight is 264 g/mol. The Morgan fingerprint density at radius 2 is 2.28 bits per heavy atom. The molecule has 5 nitrogen and oxygen atoms in total. The van der Waals surface area contributed by atoms with Crippen molar-refractivity contribution in [2.75, 3.05) is 17.7 Å². The molecule has 18 heavy (non-hydrogen) atoms. The fourth-order valence-electron chi connectivity index (χ4n) is 2.33. The van der Waals surface area contributed by atoms with Gasteiger partial charge in [0.1, 0.15) is 10.6 Å². The number of aliphatic hydroxyl groups excluding tert-OH is 1. The molecule has 0 aliphatic heterocycles. The molecule has 1 aliphatic rings. The van der Waals surface area contributed by atoms with Crippen LogP contribution in [0.3, 0.4) is 0 Å². The molecule has 0 saturated heterocycles. The molecule has 0 radical (unpaired) electrons. The van der Waals surface area contributed by atoms with E-state index in [4.69, 9.17) is 5.73 Å². The lowest BCUT2D eigenvalue weighted by atomic mass is 9.77. The average Bonchev–Trinajstić information content (AvgIpc) is 2.63. The van der Waals surface area contributed by atoms with Crippen LogP contribution in [0.2, 0.25) is 0 Å². The maximum Gasteiger partial charge on any atom is 0.223 e. The van der Waals surface area contributed by atoms with Crippen LogP contribution >= 0.6 is 11.3 Å². The van der Waals surface area contributed by atoms with Gasteiger partial charge in [-0.1, -0.05) is 0 Å². The number of aliphatic hydroxyl groups is 1. The highest BCUT2D eigenvalue weighted by atomic mass is 32.1. The van der Waals surface area contributed by atoms with Crippen LogP contribution in [0.1, 0.15) is 24.1 Å². The van der Waals surface area contributed by atoms with Crippen LogP contribution in [-0.4, -0.2) is 27.2 Å². The number of rotatable bonds is 3. The molecule has 6 heteroatoms. The number of anilines is 2. The zero-order valence-corrected chi connectivity index (χ0v) is 11.0. The van der Waals surface area contributed by atoms with Crippen molar-refractivity contribution in [3.8, 4) is 0 Å². The molecule has 2 aromatic rings. The Hall–Kier alpha value is -1.40. The summed E-state index contributed by atoms with van der Waals surface area (Å²) in [5.41, 5.74) is 5.52. The number of aryl methyl sites for hydroxylation is 1. The number of aromatic nitrogens is 2. The molecule has 96 valence electrons. The van der Waals surface area contributed by atoms with E-state index >= 15 is 0 Å². The third-order valence-corrected chi connectivity index (χ3v) is 4.47. The van der Waals surface area contributed by atoms with Crippen LogP contribution < -0.4 is 11.1 Å². The van der Waals surface area contributed by atoms with Gasteiger partial charge in [0.25, 0.3) is 0 Å². The number of hydrogen-bond acceptors (Lipinski definition) is 6. The van der Waals surface area contributed by atoms with Crippen molar-refractivity contribution in [3.05, 3.63) is 10.9 Å². The first-order valence-electron chi connectivity index (χ1n) is 6.05. The van der Waals surface area contributed by atoms with Crippen LogP contribution in [0, 0.1) is 6.92 Å². The Labute approximate surface area is 109 Å². The maximum atomic E-state index is 9.51. The summed E-state index contributed by atoms with van der Waals surface area (Å²) < 4.78 is 0. The maximum absolute atomic E-state index is 9.51. The van der Waals surface area contributed by atoms with Crippen LogP contribution in [0.5, 0.6) is 0 Å². The molecule has 1 aliphatic carbocycles. The van der Waals surface area contributed by atoms with Crippen LogP contribution in [0.4, 0.5) is 11.8 Å². The summed E-state index contributed by atoms with van der Waals surface area (Å²) in [7, 11) is 0. The lowest BCUT2D eigenvalue weighted by Crippen LogP contribution is -2.48. The molecule has 0 bridgehead atoms. The SMILES string of the molecule is Cc1cc2c(NC3(CO)CCC3)nc(N)nc2s1. The smallest absolute Gasteiger partial charge is 0.223 e. The van der Waals surface area contributed by atoms with Crippen LogP contribution in [-0.2, 0) is 0 Å². The third kappa shape index (κ3) is 1.81. The van der Waals surface area contributed by atoms with Gasteiger partial charge in [-0.25, -0.2) is 4.98 Å². The van der Waals surface area contributed by atoms with Crippen molar-refractivity contribution in [3.63, 3.8) is 0 Å². The van der Waals surface area contributed by atoms with Crippen molar-refractivity contribution in [1.82, 2.24) is 9.97 Å². The van der Waals surface area contributed by atoms with E-state index in [-0.39, 0.29) is 18.1 Å². The number of fused-ring (bicyclic) bond motifs is 1. The Bertz CT molecular complexity index is 586. The molecule has 2 heterocycles. The third-order valence-electron chi connectivity index (χ3n) is 3.53. The van der Waals surface area contributed by atoms with Crippen molar-refractivity contribution < 1.29 is 5.11 Å². The Morgan fingerprint density at radius 1 is 1.50 bits per heavy atom. The first kappa shape index (κ1) is 11.7. The van der Waals surface area contributed by atoms with E-state index in [1.807, 2.05) is 6.92 Å². The highest BCUT2D eigenvalue weighted by molar-refractivity contribution is 7.18. The lowest BCUT2D eigenvalue weighted by Gasteiger charge is -2.41. The number of thiophene rings is 1. The highest BCUT2D eigenvalue weighted by Gasteiger charge is 2.37. The predicted octanol–water partition coefficient (Wildman–Crippen LogP) is 1.91. The second-order valence-electron chi connectivity index (χ2n) is 4.92. The monoisotopic (exact) mass is 264 g/mol. The summed E-state index contributed by atoms with van der Waals surface area (Å²) >= 11 is 1.61. The van der Waals surface area contributed by atoms with Crippen molar-refractivity contribution in [1.29, 1.82) is 0 Å². The molecule has 0 unspecified atom stereocenters. The van der Waals surface area contributed by atoms with Gasteiger partial charge < -0.3 is 16.2 Å². The zero-order valence-electron chi connectivity index (χ0n) is 10.2. The van der Waals surface area contributed by atoms with Gasteiger partial charge in [-0.05, 0) is 32.3 Å². The number of nitrogens with zero attached hydrogens (tertiary/aromatic N) is 2. The van der Waals surface area contributed by atoms with Gasteiger partial charge in [-0.3, -0.25) is 0 Å². The quantitative estimate of drug-likeness (QED) is 0.788. The van der Waals surface area contributed by atoms with E-state index in [0.29, 0.717) is 0 Å². The zero-order chi connectivity index (χ0) is 12.8. The minimum atomic E-state index is -0.219. The first-order chi connectivity index (χ1) is 8.62. The fraction of sp³-hybridized carbons (Fsp3) is 0.500. The standard InChI is InChI=1S/C12H16N4OS/c1-7-5-8-9(14-11(13)15-10(8)18-7)16-12(6-17)3-2-4-12/h5,17H,2-4,6H2,1H3,(H3,13,14,15,16). The van der Waals surface area contributed by atoms with Crippen molar-refractivity contribution in [2.45, 2.75) is 31.7 Å². The Kier molecular flexibility index (Phi) is 2.64. The summed E-state index contributed by atoms with van der Waals surface area (Å²) in [6, 6.07) is 2.06. The van der Waals surface area contributed by atoms with Crippen molar-refractivity contribution in [2.24, 2.45) is 0 Å². The normalized spacial score (nSPS) is 17.7.